The molecule has 1 rings (SSSR count). The highest BCUT2D eigenvalue weighted by Crippen LogP contribution is 2.31. The maximum Gasteiger partial charge on any atom is 0.305 e. The van der Waals surface area contributed by atoms with E-state index in [1.807, 2.05) is 0 Å². The van der Waals surface area contributed by atoms with Gasteiger partial charge in [0.15, 0.2) is 0 Å². The standard InChI is InChI=1S/C9H10ClNO3/c10-6-3-1-2-5(9(6)14)7(11)4-8(12)13/h1-3,7,14H,4,11H2,(H,12,13)/t7-/m1/s1. The van der Waals surface area contributed by atoms with Gasteiger partial charge >= 0.3 is 5.97 Å². The van der Waals surface area contributed by atoms with E-state index >= 15 is 0 Å². The molecule has 76 valence electrons. The Balaban J connectivity index is 2.95. The second kappa shape index (κ2) is 4.30. The third-order valence-corrected chi connectivity index (χ3v) is 2.12. The number of carboxylic acids is 1. The molecule has 0 aliphatic rings. The maximum atomic E-state index is 10.4. The largest absolute Gasteiger partial charge is 0.506 e. The zero-order valence-corrected chi connectivity index (χ0v) is 8.03. The topological polar surface area (TPSA) is 83.6 Å². The molecule has 0 radical (unpaired) electrons. The molecule has 0 aromatic heterocycles. The minimum absolute atomic E-state index is 0.150. The minimum Gasteiger partial charge on any atom is -0.506 e. The van der Waals surface area contributed by atoms with Gasteiger partial charge in [-0.1, -0.05) is 23.7 Å². The van der Waals surface area contributed by atoms with Crippen LogP contribution in [0.2, 0.25) is 5.02 Å². The lowest BCUT2D eigenvalue weighted by Crippen LogP contribution is -2.15. The Labute approximate surface area is 85.9 Å². The molecule has 0 aliphatic carbocycles. The number of phenols is 1. The fourth-order valence-electron chi connectivity index (χ4n) is 1.13. The molecule has 0 fully saturated rings. The average molecular weight is 216 g/mol. The molecule has 0 saturated carbocycles. The van der Waals surface area contributed by atoms with Crippen LogP contribution in [0.3, 0.4) is 0 Å². The predicted octanol–water partition coefficient (Wildman–Crippen LogP) is 1.52. The number of hydrogen-bond donors (Lipinski definition) is 3. The normalized spacial score (nSPS) is 12.4. The van der Waals surface area contributed by atoms with Crippen LogP contribution in [-0.2, 0) is 4.79 Å². The lowest BCUT2D eigenvalue weighted by atomic mass is 10.0. The number of benzene rings is 1. The number of nitrogens with two attached hydrogens (primary N) is 1. The van der Waals surface area contributed by atoms with Crippen molar-refractivity contribution in [1.82, 2.24) is 0 Å². The SMILES string of the molecule is N[C@H](CC(=O)O)c1cccc(Cl)c1O. The lowest BCUT2D eigenvalue weighted by Gasteiger charge is -2.11. The Morgan fingerprint density at radius 2 is 2.21 bits per heavy atom. The van der Waals surface area contributed by atoms with E-state index in [4.69, 9.17) is 22.4 Å². The summed E-state index contributed by atoms with van der Waals surface area (Å²) in [7, 11) is 0. The smallest absolute Gasteiger partial charge is 0.305 e. The van der Waals surface area contributed by atoms with Gasteiger partial charge in [0.25, 0.3) is 0 Å². The lowest BCUT2D eigenvalue weighted by molar-refractivity contribution is -0.137. The molecule has 4 N–H and O–H groups in total. The van der Waals surface area contributed by atoms with Gasteiger partial charge in [-0.3, -0.25) is 4.79 Å². The summed E-state index contributed by atoms with van der Waals surface area (Å²) in [4.78, 5) is 10.4. The van der Waals surface area contributed by atoms with Crippen molar-refractivity contribution in [2.24, 2.45) is 5.73 Å². The van der Waals surface area contributed by atoms with Crippen LogP contribution in [0.25, 0.3) is 0 Å². The van der Waals surface area contributed by atoms with Gasteiger partial charge in [-0.25, -0.2) is 0 Å². The Hall–Kier alpha value is -1.26. The van der Waals surface area contributed by atoms with Crippen molar-refractivity contribution in [3.63, 3.8) is 0 Å². The van der Waals surface area contributed by atoms with Crippen LogP contribution < -0.4 is 5.73 Å². The van der Waals surface area contributed by atoms with E-state index in [9.17, 15) is 9.90 Å². The predicted molar refractivity (Wildman–Crippen MR) is 52.3 cm³/mol. The molecule has 0 amide bonds. The monoisotopic (exact) mass is 215 g/mol. The number of rotatable bonds is 3. The molecule has 0 aliphatic heterocycles. The van der Waals surface area contributed by atoms with Crippen LogP contribution in [0.1, 0.15) is 18.0 Å². The molecular formula is C9H10ClNO3. The van der Waals surface area contributed by atoms with Crippen LogP contribution in [0.15, 0.2) is 18.2 Å². The molecule has 0 saturated heterocycles. The number of aliphatic carboxylic acids is 1. The van der Waals surface area contributed by atoms with E-state index in [1.165, 1.54) is 6.07 Å². The zero-order valence-electron chi connectivity index (χ0n) is 7.27. The summed E-state index contributed by atoms with van der Waals surface area (Å²) in [6.45, 7) is 0. The zero-order chi connectivity index (χ0) is 10.7. The first-order valence-corrected chi connectivity index (χ1v) is 4.35. The van der Waals surface area contributed by atoms with Gasteiger partial charge in [0.05, 0.1) is 11.4 Å². The Morgan fingerprint density at radius 1 is 1.57 bits per heavy atom. The molecule has 4 nitrogen and oxygen atoms in total. The summed E-state index contributed by atoms with van der Waals surface area (Å²) in [5, 5.41) is 18.2. The summed E-state index contributed by atoms with van der Waals surface area (Å²) in [6, 6.07) is 3.92. The second-order valence-electron chi connectivity index (χ2n) is 2.88. The number of carbonyl (C=O) groups is 1. The van der Waals surface area contributed by atoms with Gasteiger partial charge in [0.1, 0.15) is 5.75 Å². The van der Waals surface area contributed by atoms with Gasteiger partial charge in [-0.2, -0.15) is 0 Å². The van der Waals surface area contributed by atoms with Crippen LogP contribution in [0.5, 0.6) is 5.75 Å². The van der Waals surface area contributed by atoms with E-state index in [2.05, 4.69) is 0 Å². The summed E-state index contributed by atoms with van der Waals surface area (Å²) in [5.41, 5.74) is 5.91. The molecule has 14 heavy (non-hydrogen) atoms. The van der Waals surface area contributed by atoms with E-state index in [1.54, 1.807) is 12.1 Å². The quantitative estimate of drug-likeness (QED) is 0.714. The Bertz CT molecular complexity index is 354. The fourth-order valence-corrected chi connectivity index (χ4v) is 1.31. The second-order valence-corrected chi connectivity index (χ2v) is 3.29. The molecule has 0 spiro atoms. The third kappa shape index (κ3) is 2.37. The van der Waals surface area contributed by atoms with Crippen molar-refractivity contribution in [1.29, 1.82) is 0 Å². The van der Waals surface area contributed by atoms with Crippen molar-refractivity contribution >= 4 is 17.6 Å². The molecule has 1 aromatic rings. The molecule has 0 heterocycles. The highest BCUT2D eigenvalue weighted by atomic mass is 35.5. The summed E-state index contributed by atoms with van der Waals surface area (Å²) in [6.07, 6.45) is -0.242. The van der Waals surface area contributed by atoms with Crippen molar-refractivity contribution in [2.45, 2.75) is 12.5 Å². The first-order chi connectivity index (χ1) is 6.52. The van der Waals surface area contributed by atoms with Gasteiger partial charge < -0.3 is 15.9 Å². The van der Waals surface area contributed by atoms with E-state index in [0.29, 0.717) is 5.56 Å². The molecule has 0 unspecified atom stereocenters. The number of carboxylic acid groups (broad SMARTS) is 1. The number of hydrogen-bond acceptors (Lipinski definition) is 3. The van der Waals surface area contributed by atoms with Crippen molar-refractivity contribution in [3.8, 4) is 5.75 Å². The molecule has 0 bridgehead atoms. The first-order valence-electron chi connectivity index (χ1n) is 3.97. The van der Waals surface area contributed by atoms with Gasteiger partial charge in [-0.15, -0.1) is 0 Å². The summed E-state index contributed by atoms with van der Waals surface area (Å²) < 4.78 is 0. The van der Waals surface area contributed by atoms with Crippen molar-refractivity contribution in [3.05, 3.63) is 28.8 Å². The highest BCUT2D eigenvalue weighted by Gasteiger charge is 2.15. The number of aromatic hydroxyl groups is 1. The number of para-hydroxylation sites is 1. The maximum absolute atomic E-state index is 10.4. The Morgan fingerprint density at radius 3 is 2.79 bits per heavy atom. The Kier molecular flexibility index (Phi) is 3.33. The van der Waals surface area contributed by atoms with Crippen LogP contribution in [-0.4, -0.2) is 16.2 Å². The molecule has 1 atom stereocenters. The van der Waals surface area contributed by atoms with Crippen LogP contribution in [0.4, 0.5) is 0 Å². The summed E-state index contributed by atoms with van der Waals surface area (Å²) in [5.74, 6) is -1.17. The van der Waals surface area contributed by atoms with E-state index < -0.39 is 12.0 Å². The average Bonchev–Trinajstić information content (AvgIpc) is 2.08. The van der Waals surface area contributed by atoms with Crippen LogP contribution in [0, 0.1) is 0 Å². The highest BCUT2D eigenvalue weighted by molar-refractivity contribution is 6.32. The van der Waals surface area contributed by atoms with Crippen LogP contribution >= 0.6 is 11.6 Å². The number of halogens is 1. The number of phenolic OH excluding ortho intramolecular Hbond substituents is 1. The molecule has 1 aromatic carbocycles. The third-order valence-electron chi connectivity index (χ3n) is 1.81. The minimum atomic E-state index is -1.02. The fraction of sp³-hybridized carbons (Fsp3) is 0.222. The molecular weight excluding hydrogens is 206 g/mol. The van der Waals surface area contributed by atoms with Gasteiger partial charge in [0, 0.05) is 11.6 Å². The molecule has 5 heteroatoms. The van der Waals surface area contributed by atoms with E-state index in [-0.39, 0.29) is 17.2 Å². The summed E-state index contributed by atoms with van der Waals surface area (Å²) >= 11 is 5.64. The van der Waals surface area contributed by atoms with Crippen molar-refractivity contribution in [2.75, 3.05) is 0 Å². The van der Waals surface area contributed by atoms with Gasteiger partial charge in [0.2, 0.25) is 0 Å². The van der Waals surface area contributed by atoms with Crippen molar-refractivity contribution < 1.29 is 15.0 Å². The van der Waals surface area contributed by atoms with Gasteiger partial charge in [-0.05, 0) is 6.07 Å². The first kappa shape index (κ1) is 10.8. The van der Waals surface area contributed by atoms with E-state index in [0.717, 1.165) is 0 Å².